The maximum absolute atomic E-state index is 11.4. The van der Waals surface area contributed by atoms with E-state index in [2.05, 4.69) is 10.0 Å². The highest BCUT2D eigenvalue weighted by atomic mass is 35.5. The van der Waals surface area contributed by atoms with Crippen LogP contribution in [0.3, 0.4) is 0 Å². The summed E-state index contributed by atoms with van der Waals surface area (Å²) in [7, 11) is -1.64. The van der Waals surface area contributed by atoms with Crippen LogP contribution in [0.5, 0.6) is 0 Å². The fourth-order valence-electron chi connectivity index (χ4n) is 2.14. The van der Waals surface area contributed by atoms with Gasteiger partial charge in [-0.15, -0.1) is 12.4 Å². The molecule has 5 nitrogen and oxygen atoms in total. The largest absolute Gasteiger partial charge is 0.380 e. The van der Waals surface area contributed by atoms with Gasteiger partial charge < -0.3 is 10.1 Å². The van der Waals surface area contributed by atoms with Crippen molar-refractivity contribution in [2.24, 2.45) is 11.3 Å². The third-order valence-electron chi connectivity index (χ3n) is 3.24. The molecule has 2 saturated heterocycles. The summed E-state index contributed by atoms with van der Waals surface area (Å²) in [5.74, 6) is 0.397. The molecule has 0 aromatic heterocycles. The molecule has 0 aliphatic carbocycles. The fraction of sp³-hybridized carbons (Fsp3) is 1.00. The van der Waals surface area contributed by atoms with Crippen LogP contribution in [0, 0.1) is 11.3 Å². The first-order chi connectivity index (χ1) is 6.58. The third kappa shape index (κ3) is 2.45. The Morgan fingerprint density at radius 3 is 2.67 bits per heavy atom. The number of halogens is 1. The third-order valence-corrected chi connectivity index (χ3v) is 4.71. The topological polar surface area (TPSA) is 67.4 Å². The number of ether oxygens (including phenoxy) is 1. The molecule has 2 aliphatic heterocycles. The van der Waals surface area contributed by atoms with E-state index in [-0.39, 0.29) is 29.5 Å². The molecule has 7 heteroatoms. The summed E-state index contributed by atoms with van der Waals surface area (Å²) in [5, 5.41) is 3.24. The molecule has 90 valence electrons. The highest BCUT2D eigenvalue weighted by molar-refractivity contribution is 7.89. The Morgan fingerprint density at radius 2 is 2.20 bits per heavy atom. The summed E-state index contributed by atoms with van der Waals surface area (Å²) in [6.45, 7) is 3.06. The molecule has 0 aromatic carbocycles. The van der Waals surface area contributed by atoms with E-state index in [0.717, 1.165) is 13.1 Å². The zero-order valence-electron chi connectivity index (χ0n) is 8.65. The van der Waals surface area contributed by atoms with Crippen molar-refractivity contribution in [1.82, 2.24) is 10.0 Å². The molecule has 0 bridgehead atoms. The second-order valence-electron chi connectivity index (χ2n) is 4.17. The minimum absolute atomic E-state index is 0. The quantitative estimate of drug-likeness (QED) is 0.694. The maximum atomic E-state index is 11.4. The van der Waals surface area contributed by atoms with Gasteiger partial charge in [-0.2, -0.15) is 0 Å². The number of hydrogen-bond donors (Lipinski definition) is 2. The van der Waals surface area contributed by atoms with Crippen molar-refractivity contribution in [3.8, 4) is 0 Å². The molecule has 2 aliphatic rings. The van der Waals surface area contributed by atoms with Gasteiger partial charge in [0.2, 0.25) is 10.0 Å². The van der Waals surface area contributed by atoms with Crippen molar-refractivity contribution < 1.29 is 13.2 Å². The lowest BCUT2D eigenvalue weighted by Crippen LogP contribution is -2.51. The second kappa shape index (κ2) is 4.55. The Labute approximate surface area is 96.4 Å². The lowest BCUT2D eigenvalue weighted by Gasteiger charge is -2.42. The average Bonchev–Trinajstić information content (AvgIpc) is 2.46. The first-order valence-corrected chi connectivity index (χ1v) is 6.43. The normalized spacial score (nSPS) is 28.5. The van der Waals surface area contributed by atoms with Crippen LogP contribution in [0.1, 0.15) is 0 Å². The highest BCUT2D eigenvalue weighted by Gasteiger charge is 2.49. The van der Waals surface area contributed by atoms with Crippen LogP contribution in [-0.2, 0) is 14.8 Å². The van der Waals surface area contributed by atoms with E-state index in [1.54, 1.807) is 0 Å². The molecular weight excluding hydrogens is 240 g/mol. The molecule has 2 fully saturated rings. The smallest absolute Gasteiger partial charge is 0.211 e. The lowest BCUT2D eigenvalue weighted by molar-refractivity contribution is -0.120. The number of rotatable bonds is 3. The Morgan fingerprint density at radius 1 is 1.53 bits per heavy atom. The van der Waals surface area contributed by atoms with Crippen molar-refractivity contribution in [2.75, 3.05) is 39.1 Å². The van der Waals surface area contributed by atoms with E-state index >= 15 is 0 Å². The molecule has 0 aromatic rings. The van der Waals surface area contributed by atoms with Crippen LogP contribution in [0.2, 0.25) is 0 Å². The van der Waals surface area contributed by atoms with Gasteiger partial charge in [0, 0.05) is 12.0 Å². The Bertz CT molecular complexity index is 316. The van der Waals surface area contributed by atoms with Gasteiger partial charge in [0.25, 0.3) is 0 Å². The molecule has 15 heavy (non-hydrogen) atoms. The molecule has 1 atom stereocenters. The molecule has 2 N–H and O–H groups in total. The first-order valence-electron chi connectivity index (χ1n) is 4.78. The van der Waals surface area contributed by atoms with Crippen LogP contribution >= 0.6 is 12.4 Å². The average molecular weight is 257 g/mol. The van der Waals surface area contributed by atoms with E-state index in [4.69, 9.17) is 4.74 Å². The lowest BCUT2D eigenvalue weighted by atomic mass is 9.77. The Balaban J connectivity index is 0.00000112. The number of hydrogen-bond acceptors (Lipinski definition) is 4. The summed E-state index contributed by atoms with van der Waals surface area (Å²) < 4.78 is 30.3. The van der Waals surface area contributed by atoms with Gasteiger partial charge in [0.1, 0.15) is 0 Å². The summed E-state index contributed by atoms with van der Waals surface area (Å²) in [4.78, 5) is 0. The zero-order chi connectivity index (χ0) is 10.2. The number of sulfonamides is 1. The fourth-order valence-corrected chi connectivity index (χ4v) is 3.31. The van der Waals surface area contributed by atoms with Gasteiger partial charge in [-0.1, -0.05) is 0 Å². The second-order valence-corrected chi connectivity index (χ2v) is 6.14. The molecule has 1 unspecified atom stereocenters. The summed E-state index contributed by atoms with van der Waals surface area (Å²) in [6.07, 6.45) is 0. The van der Waals surface area contributed by atoms with E-state index in [1.165, 1.54) is 7.05 Å². The maximum Gasteiger partial charge on any atom is 0.211 e. The van der Waals surface area contributed by atoms with Gasteiger partial charge in [-0.05, 0) is 19.5 Å². The standard InChI is InChI=1S/C8H16N2O3S.ClH/c1-9-14(11,12)3-7-2-10-4-8(7)5-13-6-8;/h7,9-10H,2-6H2,1H3;1H. The minimum Gasteiger partial charge on any atom is -0.380 e. The molecule has 2 heterocycles. The molecule has 0 amide bonds. The van der Waals surface area contributed by atoms with Crippen molar-refractivity contribution in [1.29, 1.82) is 0 Å². The van der Waals surface area contributed by atoms with E-state index in [0.29, 0.717) is 13.2 Å². The van der Waals surface area contributed by atoms with Gasteiger partial charge in [-0.25, -0.2) is 13.1 Å². The summed E-state index contributed by atoms with van der Waals surface area (Å²) >= 11 is 0. The van der Waals surface area contributed by atoms with E-state index < -0.39 is 10.0 Å². The molecular formula is C8H17ClN2O3S. The van der Waals surface area contributed by atoms with Crippen LogP contribution in [0.4, 0.5) is 0 Å². The molecule has 0 saturated carbocycles. The monoisotopic (exact) mass is 256 g/mol. The summed E-state index contributed by atoms with van der Waals surface area (Å²) in [6, 6.07) is 0. The van der Waals surface area contributed by atoms with Crippen molar-refractivity contribution in [3.63, 3.8) is 0 Å². The van der Waals surface area contributed by atoms with Crippen molar-refractivity contribution in [3.05, 3.63) is 0 Å². The SMILES string of the molecule is CNS(=O)(=O)CC1CNCC12COC2.Cl. The predicted molar refractivity (Wildman–Crippen MR) is 59.7 cm³/mol. The van der Waals surface area contributed by atoms with Crippen LogP contribution < -0.4 is 10.0 Å². The van der Waals surface area contributed by atoms with Crippen molar-refractivity contribution >= 4 is 22.4 Å². The van der Waals surface area contributed by atoms with E-state index in [1.807, 2.05) is 0 Å². The van der Waals surface area contributed by atoms with Crippen LogP contribution in [-0.4, -0.2) is 47.5 Å². The van der Waals surface area contributed by atoms with Crippen LogP contribution in [0.15, 0.2) is 0 Å². The summed E-state index contributed by atoms with van der Waals surface area (Å²) in [5.41, 5.74) is 0.0872. The van der Waals surface area contributed by atoms with Gasteiger partial charge >= 0.3 is 0 Å². The predicted octanol–water partition coefficient (Wildman–Crippen LogP) is -0.807. The minimum atomic E-state index is -3.10. The first kappa shape index (κ1) is 13.2. The molecule has 0 radical (unpaired) electrons. The van der Waals surface area contributed by atoms with Crippen molar-refractivity contribution in [2.45, 2.75) is 0 Å². The Hall–Kier alpha value is 0.120. The van der Waals surface area contributed by atoms with Gasteiger partial charge in [0.05, 0.1) is 19.0 Å². The van der Waals surface area contributed by atoms with Crippen LogP contribution in [0.25, 0.3) is 0 Å². The molecule has 2 rings (SSSR count). The van der Waals surface area contributed by atoms with Gasteiger partial charge in [-0.3, -0.25) is 0 Å². The zero-order valence-corrected chi connectivity index (χ0v) is 10.3. The van der Waals surface area contributed by atoms with Gasteiger partial charge in [0.15, 0.2) is 0 Å². The molecule has 1 spiro atoms. The number of nitrogens with one attached hydrogen (secondary N) is 2. The highest BCUT2D eigenvalue weighted by Crippen LogP contribution is 2.39. The van der Waals surface area contributed by atoms with E-state index in [9.17, 15) is 8.42 Å². The Kier molecular flexibility index (Phi) is 4.00.